The molecule has 0 aliphatic rings. The molecule has 27 heavy (non-hydrogen) atoms. The average molecular weight is 430 g/mol. The summed E-state index contributed by atoms with van der Waals surface area (Å²) in [6.45, 7) is 2.53. The molecule has 1 amide bonds. The van der Waals surface area contributed by atoms with Gasteiger partial charge < -0.3 is 9.84 Å². The molecule has 7 nitrogen and oxygen atoms in total. The fraction of sp³-hybridized carbons (Fsp3) is 0.263. The summed E-state index contributed by atoms with van der Waals surface area (Å²) in [5.74, 6) is 1.48. The number of anilines is 1. The lowest BCUT2D eigenvalue weighted by Gasteiger charge is -2.13. The van der Waals surface area contributed by atoms with Crippen LogP contribution >= 0.6 is 15.9 Å². The molecular formula is C19H20BrN5O2. The normalized spacial score (nSPS) is 11.0. The molecule has 0 saturated heterocycles. The Labute approximate surface area is 165 Å². The minimum atomic E-state index is -0.150. The molecule has 1 N–H and O–H groups in total. The Morgan fingerprint density at radius 3 is 2.89 bits per heavy atom. The van der Waals surface area contributed by atoms with Crippen molar-refractivity contribution in [1.82, 2.24) is 20.0 Å². The van der Waals surface area contributed by atoms with Crippen LogP contribution in [0.2, 0.25) is 0 Å². The molecule has 3 rings (SSSR count). The van der Waals surface area contributed by atoms with Crippen molar-refractivity contribution in [1.29, 1.82) is 0 Å². The molecule has 3 aromatic rings. The summed E-state index contributed by atoms with van der Waals surface area (Å²) in [5.41, 5.74) is 2.13. The summed E-state index contributed by atoms with van der Waals surface area (Å²) in [6.07, 6.45) is 2.30. The highest BCUT2D eigenvalue weighted by atomic mass is 79.9. The lowest BCUT2D eigenvalue weighted by atomic mass is 10.1. The SMILES string of the molecule is Cc1ccc(NC(=O)CN(C)Cc2nc(Cc3cccc(Br)c3)no2)nc1. The van der Waals surface area contributed by atoms with Crippen molar-refractivity contribution >= 4 is 27.7 Å². The third-order valence-corrected chi connectivity index (χ3v) is 4.25. The maximum atomic E-state index is 12.1. The summed E-state index contributed by atoms with van der Waals surface area (Å²) in [6, 6.07) is 11.6. The van der Waals surface area contributed by atoms with Gasteiger partial charge in [-0.1, -0.05) is 39.3 Å². The van der Waals surface area contributed by atoms with Crippen LogP contribution in [0.15, 0.2) is 51.6 Å². The molecule has 1 aromatic carbocycles. The number of carbonyl (C=O) groups is 1. The largest absolute Gasteiger partial charge is 0.338 e. The summed E-state index contributed by atoms with van der Waals surface area (Å²) in [5, 5.41) is 6.78. The molecule has 2 aromatic heterocycles. The second-order valence-corrected chi connectivity index (χ2v) is 7.27. The van der Waals surface area contributed by atoms with E-state index in [1.54, 1.807) is 17.2 Å². The predicted octanol–water partition coefficient (Wildman–Crippen LogP) is 3.20. The van der Waals surface area contributed by atoms with Crippen molar-refractivity contribution in [3.63, 3.8) is 0 Å². The summed E-state index contributed by atoms with van der Waals surface area (Å²) in [4.78, 5) is 22.5. The predicted molar refractivity (Wildman–Crippen MR) is 105 cm³/mol. The van der Waals surface area contributed by atoms with Crippen LogP contribution in [0.25, 0.3) is 0 Å². The summed E-state index contributed by atoms with van der Waals surface area (Å²) in [7, 11) is 1.82. The first kappa shape index (κ1) is 19.2. The van der Waals surface area contributed by atoms with E-state index in [2.05, 4.69) is 36.4 Å². The van der Waals surface area contributed by atoms with Crippen LogP contribution in [0.3, 0.4) is 0 Å². The third kappa shape index (κ3) is 5.97. The van der Waals surface area contributed by atoms with Crippen LogP contribution in [0, 0.1) is 6.92 Å². The van der Waals surface area contributed by atoms with Gasteiger partial charge in [0.2, 0.25) is 11.8 Å². The molecule has 0 spiro atoms. The lowest BCUT2D eigenvalue weighted by Crippen LogP contribution is -2.30. The maximum Gasteiger partial charge on any atom is 0.240 e. The Balaban J connectivity index is 1.50. The monoisotopic (exact) mass is 429 g/mol. The molecule has 0 aliphatic heterocycles. The van der Waals surface area contributed by atoms with Gasteiger partial charge >= 0.3 is 0 Å². The van der Waals surface area contributed by atoms with Crippen molar-refractivity contribution in [3.05, 3.63) is 69.9 Å². The molecule has 2 heterocycles. The number of aromatic nitrogens is 3. The van der Waals surface area contributed by atoms with Gasteiger partial charge in [0, 0.05) is 17.1 Å². The van der Waals surface area contributed by atoms with Gasteiger partial charge in [-0.3, -0.25) is 9.69 Å². The van der Waals surface area contributed by atoms with Crippen molar-refractivity contribution in [2.45, 2.75) is 19.9 Å². The molecule has 0 atom stereocenters. The number of aryl methyl sites for hydroxylation is 1. The van der Waals surface area contributed by atoms with Gasteiger partial charge in [-0.15, -0.1) is 0 Å². The average Bonchev–Trinajstić information content (AvgIpc) is 3.03. The molecule has 0 saturated carbocycles. The van der Waals surface area contributed by atoms with Crippen LogP contribution in [0.1, 0.15) is 22.8 Å². The summed E-state index contributed by atoms with van der Waals surface area (Å²) >= 11 is 3.45. The number of amides is 1. The molecule has 0 radical (unpaired) electrons. The van der Waals surface area contributed by atoms with E-state index >= 15 is 0 Å². The van der Waals surface area contributed by atoms with E-state index in [4.69, 9.17) is 4.52 Å². The number of benzene rings is 1. The van der Waals surface area contributed by atoms with Crippen LogP contribution in [0.5, 0.6) is 0 Å². The minimum Gasteiger partial charge on any atom is -0.338 e. The van der Waals surface area contributed by atoms with E-state index in [-0.39, 0.29) is 12.5 Å². The zero-order chi connectivity index (χ0) is 19.2. The quantitative estimate of drug-likeness (QED) is 0.620. The van der Waals surface area contributed by atoms with E-state index in [0.717, 1.165) is 15.6 Å². The zero-order valence-corrected chi connectivity index (χ0v) is 16.7. The molecule has 0 aliphatic carbocycles. The van der Waals surface area contributed by atoms with Gasteiger partial charge in [-0.25, -0.2) is 4.98 Å². The highest BCUT2D eigenvalue weighted by molar-refractivity contribution is 9.10. The van der Waals surface area contributed by atoms with E-state index in [9.17, 15) is 4.79 Å². The van der Waals surface area contributed by atoms with Crippen LogP contribution in [-0.4, -0.2) is 39.5 Å². The topological polar surface area (TPSA) is 84.2 Å². The molecule has 140 valence electrons. The van der Waals surface area contributed by atoms with Gasteiger partial charge in [-0.2, -0.15) is 4.98 Å². The first-order valence-corrected chi connectivity index (χ1v) is 9.24. The van der Waals surface area contributed by atoms with Gasteiger partial charge in [0.25, 0.3) is 0 Å². The smallest absolute Gasteiger partial charge is 0.240 e. The number of pyridine rings is 1. The van der Waals surface area contributed by atoms with Crippen molar-refractivity contribution in [2.75, 3.05) is 18.9 Å². The molecule has 8 heteroatoms. The molecular weight excluding hydrogens is 410 g/mol. The Morgan fingerprint density at radius 1 is 1.30 bits per heavy atom. The van der Waals surface area contributed by atoms with Gasteiger partial charge in [0.1, 0.15) is 5.82 Å². The van der Waals surface area contributed by atoms with Gasteiger partial charge in [0.05, 0.1) is 13.1 Å². The Bertz CT molecular complexity index is 910. The third-order valence-electron chi connectivity index (χ3n) is 3.76. The van der Waals surface area contributed by atoms with E-state index in [1.807, 2.05) is 44.3 Å². The number of hydrogen-bond donors (Lipinski definition) is 1. The lowest BCUT2D eigenvalue weighted by molar-refractivity contribution is -0.117. The van der Waals surface area contributed by atoms with Crippen molar-refractivity contribution in [2.24, 2.45) is 0 Å². The number of halogens is 1. The summed E-state index contributed by atoms with van der Waals surface area (Å²) < 4.78 is 6.30. The number of rotatable bonds is 7. The highest BCUT2D eigenvalue weighted by Crippen LogP contribution is 2.14. The van der Waals surface area contributed by atoms with Gasteiger partial charge in [-0.05, 0) is 43.3 Å². The van der Waals surface area contributed by atoms with Crippen LogP contribution < -0.4 is 5.32 Å². The number of likely N-dealkylation sites (N-methyl/N-ethyl adjacent to an activating group) is 1. The fourth-order valence-electron chi connectivity index (χ4n) is 2.51. The highest BCUT2D eigenvalue weighted by Gasteiger charge is 2.13. The fourth-order valence-corrected chi connectivity index (χ4v) is 2.96. The van der Waals surface area contributed by atoms with E-state index in [1.165, 1.54) is 0 Å². The second kappa shape index (κ2) is 8.88. The minimum absolute atomic E-state index is 0.150. The second-order valence-electron chi connectivity index (χ2n) is 6.35. The Hall–Kier alpha value is -2.58. The number of hydrogen-bond acceptors (Lipinski definition) is 6. The standard InChI is InChI=1S/C19H20BrN5O2/c1-13-6-7-16(21-10-13)22-18(26)11-25(2)12-19-23-17(24-27-19)9-14-4-3-5-15(20)8-14/h3-8,10H,9,11-12H2,1-2H3,(H,21,22,26). The zero-order valence-electron chi connectivity index (χ0n) is 15.1. The first-order valence-electron chi connectivity index (χ1n) is 8.45. The molecule has 0 unspecified atom stereocenters. The molecule has 0 bridgehead atoms. The van der Waals surface area contributed by atoms with Crippen molar-refractivity contribution in [3.8, 4) is 0 Å². The first-order chi connectivity index (χ1) is 13.0. The van der Waals surface area contributed by atoms with E-state index in [0.29, 0.717) is 30.5 Å². The van der Waals surface area contributed by atoms with Crippen molar-refractivity contribution < 1.29 is 9.32 Å². The van der Waals surface area contributed by atoms with Gasteiger partial charge in [0.15, 0.2) is 5.82 Å². The van der Waals surface area contributed by atoms with Crippen LogP contribution in [0.4, 0.5) is 5.82 Å². The van der Waals surface area contributed by atoms with Crippen LogP contribution in [-0.2, 0) is 17.8 Å². The number of nitrogens with zero attached hydrogens (tertiary/aromatic N) is 4. The van der Waals surface area contributed by atoms with E-state index < -0.39 is 0 Å². The Kier molecular flexibility index (Phi) is 6.31. The number of carbonyl (C=O) groups excluding carboxylic acids is 1. The number of nitrogens with one attached hydrogen (secondary N) is 1. The molecule has 0 fully saturated rings. The maximum absolute atomic E-state index is 12.1. The Morgan fingerprint density at radius 2 is 2.15 bits per heavy atom.